The first kappa shape index (κ1) is 32.7. The van der Waals surface area contributed by atoms with Crippen molar-refractivity contribution in [2.45, 2.75) is 14.7 Å². The molecule has 0 atom stereocenters. The van der Waals surface area contributed by atoms with Gasteiger partial charge in [-0.25, -0.2) is 0 Å². The summed E-state index contributed by atoms with van der Waals surface area (Å²) >= 11 is -7.74. The molecule has 0 amide bonds. The highest BCUT2D eigenvalue weighted by atomic mass is 32.3. The fourth-order valence-electron chi connectivity index (χ4n) is 1.57. The number of hydrogen-bond donors (Lipinski definition) is 0. The highest BCUT2D eigenvalue weighted by Gasteiger charge is 2.23. The second-order valence-corrected chi connectivity index (χ2v) is 7.27. The van der Waals surface area contributed by atoms with Gasteiger partial charge in [-0.1, -0.05) is 54.6 Å². The monoisotopic (exact) mass is 498 g/mol. The Bertz CT molecular complexity index is 630. The molecule has 168 valence electrons. The maximum absolute atomic E-state index is 11.8. The topological polar surface area (TPSA) is 0 Å². The van der Waals surface area contributed by atoms with Crippen molar-refractivity contribution in [3.63, 3.8) is 0 Å². The van der Waals surface area contributed by atoms with Gasteiger partial charge < -0.3 is 14.1 Å². The third kappa shape index (κ3) is 14.1. The molecule has 0 radical (unpaired) electrons. The number of halogens is 9. The largest absolute Gasteiger partial charge is 1.00 e. The summed E-state index contributed by atoms with van der Waals surface area (Å²) < 4.78 is 70.8. The molecule has 0 aliphatic rings. The average molecular weight is 499 g/mol. The fraction of sp³-hybridized carbons (Fsp3) is 0. The Morgan fingerprint density at radius 1 is 0.333 bits per heavy atom. The summed E-state index contributed by atoms with van der Waals surface area (Å²) in [4.78, 5) is 0.326. The first-order chi connectivity index (χ1) is 12.9. The molecule has 0 aromatic heterocycles. The van der Waals surface area contributed by atoms with E-state index in [1.165, 1.54) is 36.4 Å². The van der Waals surface area contributed by atoms with Gasteiger partial charge in [0.1, 0.15) is 0 Å². The Kier molecular flexibility index (Phi) is 20.8. The lowest BCUT2D eigenvalue weighted by molar-refractivity contribution is -0.00100. The van der Waals surface area contributed by atoms with E-state index in [9.17, 15) is 23.3 Å². The lowest BCUT2D eigenvalue weighted by Gasteiger charge is -1.80. The molecule has 12 heteroatoms. The van der Waals surface area contributed by atoms with Crippen LogP contribution in [0.1, 0.15) is 0 Å². The predicted octanol–water partition coefficient (Wildman–Crippen LogP) is -1.69. The molecule has 0 fully saturated rings. The van der Waals surface area contributed by atoms with Crippen LogP contribution in [-0.4, -0.2) is 0 Å². The van der Waals surface area contributed by atoms with E-state index in [1.54, 1.807) is 54.6 Å². The van der Waals surface area contributed by atoms with Crippen molar-refractivity contribution in [3.05, 3.63) is 91.0 Å². The first-order valence-corrected chi connectivity index (χ1v) is 10.3. The minimum absolute atomic E-state index is 0. The summed E-state index contributed by atoms with van der Waals surface area (Å²) in [6.07, 6.45) is 0. The van der Waals surface area contributed by atoms with E-state index in [0.717, 1.165) is 0 Å². The lowest BCUT2D eigenvalue weighted by Crippen LogP contribution is -3.00. The normalized spacial score (nSPS) is 9.10. The number of hydrogen-bond acceptors (Lipinski definition) is 0. The van der Waals surface area contributed by atoms with E-state index in [-0.39, 0.29) is 28.8 Å². The zero-order valence-electron chi connectivity index (χ0n) is 14.8. The van der Waals surface area contributed by atoms with Crippen molar-refractivity contribution in [3.8, 4) is 0 Å². The molecule has 0 heterocycles. The van der Waals surface area contributed by atoms with Crippen LogP contribution in [0.3, 0.4) is 0 Å². The molecule has 0 saturated heterocycles. The number of rotatable bonds is 3. The van der Waals surface area contributed by atoms with E-state index >= 15 is 0 Å². The minimum Gasteiger partial charge on any atom is -1.00 e. The highest BCUT2D eigenvalue weighted by Crippen LogP contribution is 2.15. The van der Waals surface area contributed by atoms with Gasteiger partial charge in [0.2, 0.25) is 14.7 Å². The molecular weight excluding hydrogens is 483 g/mol. The first-order valence-electron chi connectivity index (χ1n) is 7.27. The van der Waals surface area contributed by atoms with Crippen LogP contribution in [-0.2, 0) is 35.0 Å². The molecule has 3 aromatic rings. The van der Waals surface area contributed by atoms with E-state index < -0.39 is 35.0 Å². The molecule has 0 saturated carbocycles. The van der Waals surface area contributed by atoms with Gasteiger partial charge in [0.25, 0.3) is 0 Å². The molecule has 0 spiro atoms. The van der Waals surface area contributed by atoms with Crippen molar-refractivity contribution in [1.29, 1.82) is 0 Å². The predicted molar refractivity (Wildman–Crippen MR) is 103 cm³/mol. The van der Waals surface area contributed by atoms with Gasteiger partial charge in [0.05, 0.1) is 23.3 Å². The molecule has 0 unspecified atom stereocenters. The van der Waals surface area contributed by atoms with Crippen LogP contribution in [0, 0.1) is 0 Å². The van der Waals surface area contributed by atoms with E-state index in [1.807, 2.05) is 0 Å². The van der Waals surface area contributed by atoms with Crippen molar-refractivity contribution in [2.75, 3.05) is 0 Å². The molecule has 0 bridgehead atoms. The van der Waals surface area contributed by atoms with Crippen LogP contribution in [0.25, 0.3) is 0 Å². The van der Waals surface area contributed by atoms with Crippen molar-refractivity contribution in [2.24, 2.45) is 0 Å². The van der Waals surface area contributed by atoms with Gasteiger partial charge in [-0.3, -0.25) is 0 Å². The van der Waals surface area contributed by atoms with Gasteiger partial charge in [-0.15, -0.1) is 0 Å². The molecule has 0 aliphatic heterocycles. The van der Waals surface area contributed by atoms with Crippen LogP contribution in [0.15, 0.2) is 106 Å². The third-order valence-electron chi connectivity index (χ3n) is 2.76. The van der Waals surface area contributed by atoms with Gasteiger partial charge in [-0.2, -0.15) is 0 Å². The van der Waals surface area contributed by atoms with Crippen molar-refractivity contribution >= 4 is 35.0 Å². The van der Waals surface area contributed by atoms with Crippen LogP contribution in [0.4, 0.5) is 23.3 Å². The standard InChI is InChI=1S/3C6H5F2S.3FH/c3*7-9(8)6-4-2-1-3-5-6;;;/h3*1-5H;3*1H/q3*+1;;;/p-3. The quantitative estimate of drug-likeness (QED) is 0.299. The molecule has 0 nitrogen and oxygen atoms in total. The second-order valence-electron chi connectivity index (χ2n) is 4.58. The van der Waals surface area contributed by atoms with Crippen LogP contribution in [0.5, 0.6) is 0 Å². The molecule has 30 heavy (non-hydrogen) atoms. The summed E-state index contributed by atoms with van der Waals surface area (Å²) in [6.45, 7) is 0. The smallest absolute Gasteiger partial charge is 0.463 e. The Morgan fingerprint density at radius 3 is 0.600 bits per heavy atom. The van der Waals surface area contributed by atoms with Gasteiger partial charge >= 0.3 is 35.0 Å². The van der Waals surface area contributed by atoms with Crippen LogP contribution >= 0.6 is 0 Å². The van der Waals surface area contributed by atoms with E-state index in [4.69, 9.17) is 0 Å². The highest BCUT2D eigenvalue weighted by molar-refractivity contribution is 7.87. The molecule has 0 aliphatic carbocycles. The Balaban J connectivity index is -0.000000347. The summed E-state index contributed by atoms with van der Waals surface area (Å²) in [7, 11) is 0. The molecular formula is C18H15F9S3. The van der Waals surface area contributed by atoms with Crippen LogP contribution < -0.4 is 14.1 Å². The maximum Gasteiger partial charge on any atom is 0.463 e. The second kappa shape index (κ2) is 19.1. The van der Waals surface area contributed by atoms with E-state index in [2.05, 4.69) is 0 Å². The summed E-state index contributed by atoms with van der Waals surface area (Å²) in [5.74, 6) is 0. The van der Waals surface area contributed by atoms with Gasteiger partial charge in [-0.05, 0) is 0 Å². The summed E-state index contributed by atoms with van der Waals surface area (Å²) in [6, 6.07) is 23.3. The zero-order chi connectivity index (χ0) is 20.1. The Morgan fingerprint density at radius 2 is 0.500 bits per heavy atom. The molecule has 3 aromatic carbocycles. The summed E-state index contributed by atoms with van der Waals surface area (Å²) in [5, 5.41) is 0. The van der Waals surface area contributed by atoms with Crippen molar-refractivity contribution < 1.29 is 37.4 Å². The number of benzene rings is 3. The van der Waals surface area contributed by atoms with Gasteiger partial charge in [0.15, 0.2) is 0 Å². The average Bonchev–Trinajstić information content (AvgIpc) is 2.71. The maximum atomic E-state index is 11.8. The molecule has 0 N–H and O–H groups in total. The SMILES string of the molecule is F[S+](F)c1ccccc1.F[S+](F)c1ccccc1.F[S+](F)c1ccccc1.[F-].[F-].[F-]. The van der Waals surface area contributed by atoms with Gasteiger partial charge in [0, 0.05) is 36.4 Å². The third-order valence-corrected chi connectivity index (χ3v) is 4.65. The van der Waals surface area contributed by atoms with E-state index in [0.29, 0.717) is 0 Å². The molecule has 3 rings (SSSR count). The van der Waals surface area contributed by atoms with Crippen LogP contribution in [0.2, 0.25) is 0 Å². The zero-order valence-corrected chi connectivity index (χ0v) is 17.2. The summed E-state index contributed by atoms with van der Waals surface area (Å²) in [5.41, 5.74) is 0. The minimum atomic E-state index is -2.58. The fourth-order valence-corrected chi connectivity index (χ4v) is 2.66. The lowest BCUT2D eigenvalue weighted by atomic mass is 10.4. The Labute approximate surface area is 178 Å². The Hall–Kier alpha value is -1.92. The van der Waals surface area contributed by atoms with Crippen molar-refractivity contribution in [1.82, 2.24) is 0 Å².